The average molecular weight is 388 g/mol. The van der Waals surface area contributed by atoms with Gasteiger partial charge < -0.3 is 9.64 Å². The molecule has 0 saturated carbocycles. The number of amides is 3. The summed E-state index contributed by atoms with van der Waals surface area (Å²) in [6.07, 6.45) is 0.340. The fourth-order valence-corrected chi connectivity index (χ4v) is 5.23. The van der Waals surface area contributed by atoms with Crippen LogP contribution in [0.2, 0.25) is 0 Å². The zero-order valence-electron chi connectivity index (χ0n) is 14.9. The summed E-state index contributed by atoms with van der Waals surface area (Å²) in [6.45, 7) is 2.22. The van der Waals surface area contributed by atoms with Gasteiger partial charge in [-0.05, 0) is 12.5 Å². The summed E-state index contributed by atoms with van der Waals surface area (Å²) in [7, 11) is 0. The Kier molecular flexibility index (Phi) is 4.46. The lowest BCUT2D eigenvalue weighted by Gasteiger charge is -2.54. The molecular weight excluding hydrogens is 368 g/mol. The second-order valence-corrected chi connectivity index (χ2v) is 8.50. The molecule has 3 amide bonds. The molecule has 0 bridgehead atoms. The molecule has 142 valence electrons. The number of thioether (sulfide) groups is 1. The van der Waals surface area contributed by atoms with Crippen LogP contribution in [-0.2, 0) is 30.5 Å². The van der Waals surface area contributed by atoms with E-state index in [4.69, 9.17) is 4.74 Å². The average Bonchev–Trinajstić information content (AvgIpc) is 3.00. The van der Waals surface area contributed by atoms with E-state index in [9.17, 15) is 19.2 Å². The highest BCUT2D eigenvalue weighted by atomic mass is 32.2. The maximum Gasteiger partial charge on any atom is 0.314 e. The molecule has 0 aliphatic carbocycles. The fraction of sp³-hybridized carbons (Fsp3) is 0.474. The first kappa shape index (κ1) is 18.0. The lowest BCUT2D eigenvalue weighted by atomic mass is 9.89. The summed E-state index contributed by atoms with van der Waals surface area (Å²) in [5, 5.41) is -0.265. The number of fused-ring (bicyclic) bond motifs is 1. The van der Waals surface area contributed by atoms with E-state index in [0.717, 1.165) is 10.5 Å². The highest BCUT2D eigenvalue weighted by Gasteiger charge is 2.60. The van der Waals surface area contributed by atoms with Crippen molar-refractivity contribution in [2.45, 2.75) is 37.8 Å². The summed E-state index contributed by atoms with van der Waals surface area (Å²) in [4.78, 5) is 51.8. The first-order chi connectivity index (χ1) is 12.9. The second kappa shape index (κ2) is 6.67. The van der Waals surface area contributed by atoms with Crippen LogP contribution >= 0.6 is 11.8 Å². The van der Waals surface area contributed by atoms with Gasteiger partial charge >= 0.3 is 5.97 Å². The maximum atomic E-state index is 12.6. The Hall–Kier alpha value is -2.35. The monoisotopic (exact) mass is 388 g/mol. The SMILES string of the molecule is CC1(C(=O)OCc2ccccc2)CS[C@@H]2C(N3C(=O)CCC3=O)C(=O)N2C1. The number of benzene rings is 1. The first-order valence-electron chi connectivity index (χ1n) is 8.89. The van der Waals surface area contributed by atoms with Crippen LogP contribution in [0.1, 0.15) is 25.3 Å². The van der Waals surface area contributed by atoms with E-state index in [1.807, 2.05) is 30.3 Å². The molecule has 0 N–H and O–H groups in total. The van der Waals surface area contributed by atoms with Crippen molar-refractivity contribution < 1.29 is 23.9 Å². The lowest BCUT2D eigenvalue weighted by Crippen LogP contribution is -2.74. The number of nitrogens with zero attached hydrogens (tertiary/aromatic N) is 2. The number of carbonyl (C=O) groups excluding carboxylic acids is 4. The molecule has 3 fully saturated rings. The molecule has 3 saturated heterocycles. The largest absolute Gasteiger partial charge is 0.460 e. The van der Waals surface area contributed by atoms with Crippen molar-refractivity contribution in [1.82, 2.24) is 9.80 Å². The van der Waals surface area contributed by atoms with Gasteiger partial charge in [-0.2, -0.15) is 0 Å². The quantitative estimate of drug-likeness (QED) is 0.437. The Labute approximate surface area is 161 Å². The molecule has 2 unspecified atom stereocenters. The molecule has 27 heavy (non-hydrogen) atoms. The van der Waals surface area contributed by atoms with E-state index in [1.165, 1.54) is 11.8 Å². The van der Waals surface area contributed by atoms with Gasteiger partial charge in [-0.1, -0.05) is 30.3 Å². The molecule has 1 aromatic rings. The zero-order chi connectivity index (χ0) is 19.2. The van der Waals surface area contributed by atoms with Crippen molar-refractivity contribution >= 4 is 35.5 Å². The number of ether oxygens (including phenoxy) is 1. The molecule has 3 aliphatic rings. The minimum atomic E-state index is -0.810. The van der Waals surface area contributed by atoms with Gasteiger partial charge in [0.05, 0.1) is 5.41 Å². The van der Waals surface area contributed by atoms with Gasteiger partial charge in [0.1, 0.15) is 18.0 Å². The number of esters is 1. The standard InChI is InChI=1S/C19H20N2O5S/c1-19(18(25)26-9-12-5-3-2-4-6-12)10-20-16(24)15(17(20)27-11-19)21-13(22)7-8-14(21)23/h2-6,15,17H,7-11H2,1H3/t15?,17-,19?/m1/s1. The minimum absolute atomic E-state index is 0.170. The molecule has 0 spiro atoms. The summed E-state index contributed by atoms with van der Waals surface area (Å²) in [5.41, 5.74) is 0.0947. The number of β-lactam (4-membered cyclic amide) rings is 1. The highest BCUT2D eigenvalue weighted by molar-refractivity contribution is 8.00. The van der Waals surface area contributed by atoms with Gasteiger partial charge in [0.25, 0.3) is 0 Å². The molecule has 4 rings (SSSR count). The van der Waals surface area contributed by atoms with Crippen molar-refractivity contribution in [3.63, 3.8) is 0 Å². The first-order valence-corrected chi connectivity index (χ1v) is 9.94. The summed E-state index contributed by atoms with van der Waals surface area (Å²) in [6, 6.07) is 8.70. The fourth-order valence-electron chi connectivity index (χ4n) is 3.71. The Balaban J connectivity index is 1.40. The lowest BCUT2D eigenvalue weighted by molar-refractivity contribution is -0.170. The van der Waals surface area contributed by atoms with Crippen LogP contribution in [-0.4, -0.2) is 57.2 Å². The maximum absolute atomic E-state index is 12.6. The molecule has 3 aliphatic heterocycles. The van der Waals surface area contributed by atoms with Gasteiger partial charge in [-0.15, -0.1) is 11.8 Å². The number of hydrogen-bond acceptors (Lipinski definition) is 6. The third kappa shape index (κ3) is 3.01. The molecule has 1 aromatic carbocycles. The molecule has 3 heterocycles. The Bertz CT molecular complexity index is 798. The molecule has 8 heteroatoms. The summed E-state index contributed by atoms with van der Waals surface area (Å²) < 4.78 is 5.47. The number of carbonyl (C=O) groups is 4. The molecule has 0 radical (unpaired) electrons. The van der Waals surface area contributed by atoms with E-state index in [2.05, 4.69) is 0 Å². The van der Waals surface area contributed by atoms with Crippen LogP contribution in [0.3, 0.4) is 0 Å². The third-order valence-corrected chi connectivity index (χ3v) is 6.94. The Morgan fingerprint density at radius 2 is 1.85 bits per heavy atom. The van der Waals surface area contributed by atoms with Crippen molar-refractivity contribution in [1.29, 1.82) is 0 Å². The number of imide groups is 1. The molecular formula is C19H20N2O5S. The van der Waals surface area contributed by atoms with E-state index in [1.54, 1.807) is 11.8 Å². The molecule has 0 aromatic heterocycles. The zero-order valence-corrected chi connectivity index (χ0v) is 15.7. The van der Waals surface area contributed by atoms with Gasteiger partial charge in [0, 0.05) is 25.1 Å². The van der Waals surface area contributed by atoms with Gasteiger partial charge in [-0.25, -0.2) is 0 Å². The van der Waals surface area contributed by atoms with Crippen molar-refractivity contribution in [2.24, 2.45) is 5.41 Å². The van der Waals surface area contributed by atoms with Crippen LogP contribution < -0.4 is 0 Å². The Morgan fingerprint density at radius 1 is 1.19 bits per heavy atom. The van der Waals surface area contributed by atoms with Crippen LogP contribution in [0.15, 0.2) is 30.3 Å². The smallest absolute Gasteiger partial charge is 0.314 e. The predicted molar refractivity (Wildman–Crippen MR) is 97.2 cm³/mol. The second-order valence-electron chi connectivity index (χ2n) is 7.39. The van der Waals surface area contributed by atoms with Crippen LogP contribution in [0.5, 0.6) is 0 Å². The van der Waals surface area contributed by atoms with Crippen molar-refractivity contribution in [3.8, 4) is 0 Å². The number of hydrogen-bond donors (Lipinski definition) is 0. The van der Waals surface area contributed by atoms with Crippen LogP contribution in [0, 0.1) is 5.41 Å². The van der Waals surface area contributed by atoms with E-state index in [0.29, 0.717) is 5.75 Å². The van der Waals surface area contributed by atoms with Gasteiger partial charge in [-0.3, -0.25) is 24.1 Å². The van der Waals surface area contributed by atoms with Crippen molar-refractivity contribution in [2.75, 3.05) is 12.3 Å². The number of rotatable bonds is 4. The summed E-state index contributed by atoms with van der Waals surface area (Å²) >= 11 is 1.43. The molecule has 7 nitrogen and oxygen atoms in total. The minimum Gasteiger partial charge on any atom is -0.460 e. The van der Waals surface area contributed by atoms with Gasteiger partial charge in [0.15, 0.2) is 0 Å². The number of likely N-dealkylation sites (tertiary alicyclic amines) is 1. The molecule has 3 atom stereocenters. The van der Waals surface area contributed by atoms with Crippen LogP contribution in [0.25, 0.3) is 0 Å². The topological polar surface area (TPSA) is 84.0 Å². The van der Waals surface area contributed by atoms with Gasteiger partial charge in [0.2, 0.25) is 17.7 Å². The van der Waals surface area contributed by atoms with Crippen LogP contribution in [0.4, 0.5) is 0 Å². The normalized spacial score (nSPS) is 30.2. The van der Waals surface area contributed by atoms with E-state index < -0.39 is 11.5 Å². The van der Waals surface area contributed by atoms with E-state index in [-0.39, 0.29) is 55.1 Å². The predicted octanol–water partition coefficient (Wildman–Crippen LogP) is 1.17. The van der Waals surface area contributed by atoms with Crippen molar-refractivity contribution in [3.05, 3.63) is 35.9 Å². The van der Waals surface area contributed by atoms with E-state index >= 15 is 0 Å². The Morgan fingerprint density at radius 3 is 2.52 bits per heavy atom. The summed E-state index contributed by atoms with van der Waals surface area (Å²) in [5.74, 6) is -0.704. The third-order valence-electron chi connectivity index (χ3n) is 5.28. The highest BCUT2D eigenvalue weighted by Crippen LogP contribution is 2.45.